The average Bonchev–Trinajstić information content (AvgIpc) is 3.21. The standard InChI is InChI=1S/C14H20N6O6S/c1-3-27(24,25)17-4-8-18-12(15-2)9-13(19-8)20(6-16-9)14-11(23)10(22)7(5-21)26-14/h3,6-7,10-11,14,17,21-23H,1,4-5H2,2H3,(H,15,18,19)/t7-,10?,11?,14?/m1/s1. The van der Waals surface area contributed by atoms with Gasteiger partial charge in [0, 0.05) is 12.5 Å². The Morgan fingerprint density at radius 3 is 2.70 bits per heavy atom. The molecule has 1 fully saturated rings. The Labute approximate surface area is 154 Å². The average molecular weight is 400 g/mol. The summed E-state index contributed by atoms with van der Waals surface area (Å²) in [7, 11) is -2.05. The van der Waals surface area contributed by atoms with E-state index >= 15 is 0 Å². The van der Waals surface area contributed by atoms with E-state index in [0.29, 0.717) is 11.3 Å². The van der Waals surface area contributed by atoms with Crippen LogP contribution in [-0.4, -0.2) is 75.2 Å². The zero-order valence-corrected chi connectivity index (χ0v) is 15.2. The molecule has 1 aliphatic heterocycles. The maximum atomic E-state index is 11.5. The maximum absolute atomic E-state index is 11.5. The number of aromatic nitrogens is 4. The van der Waals surface area contributed by atoms with Crippen LogP contribution >= 0.6 is 0 Å². The van der Waals surface area contributed by atoms with Crippen molar-refractivity contribution in [3.8, 4) is 0 Å². The normalized spacial score (nSPS) is 25.8. The molecule has 1 saturated heterocycles. The van der Waals surface area contributed by atoms with Gasteiger partial charge in [0.05, 0.1) is 19.5 Å². The summed E-state index contributed by atoms with van der Waals surface area (Å²) in [5.41, 5.74) is 0.627. The molecule has 3 heterocycles. The van der Waals surface area contributed by atoms with Crippen molar-refractivity contribution < 1.29 is 28.5 Å². The van der Waals surface area contributed by atoms with E-state index in [1.54, 1.807) is 7.05 Å². The molecule has 2 aromatic heterocycles. The van der Waals surface area contributed by atoms with E-state index in [4.69, 9.17) is 4.74 Å². The first-order valence-corrected chi connectivity index (χ1v) is 9.51. The van der Waals surface area contributed by atoms with Gasteiger partial charge in [0.1, 0.15) is 24.1 Å². The van der Waals surface area contributed by atoms with E-state index < -0.39 is 41.2 Å². The molecule has 12 nitrogen and oxygen atoms in total. The molecule has 148 valence electrons. The van der Waals surface area contributed by atoms with E-state index in [2.05, 4.69) is 31.6 Å². The molecule has 0 aromatic carbocycles. The lowest BCUT2D eigenvalue weighted by Gasteiger charge is -2.17. The third kappa shape index (κ3) is 3.65. The van der Waals surface area contributed by atoms with Gasteiger partial charge in [-0.2, -0.15) is 0 Å². The molecule has 3 rings (SSSR count). The second-order valence-corrected chi connectivity index (χ2v) is 7.54. The zero-order valence-electron chi connectivity index (χ0n) is 14.3. The molecule has 0 aliphatic carbocycles. The van der Waals surface area contributed by atoms with Crippen molar-refractivity contribution in [1.29, 1.82) is 0 Å². The Morgan fingerprint density at radius 1 is 1.37 bits per heavy atom. The summed E-state index contributed by atoms with van der Waals surface area (Å²) >= 11 is 0. The lowest BCUT2D eigenvalue weighted by Crippen LogP contribution is -2.33. The monoisotopic (exact) mass is 400 g/mol. The second kappa shape index (κ2) is 7.46. The van der Waals surface area contributed by atoms with Gasteiger partial charge in [-0.1, -0.05) is 6.58 Å². The fourth-order valence-electron chi connectivity index (χ4n) is 2.74. The number of nitrogens with one attached hydrogen (secondary N) is 2. The van der Waals surface area contributed by atoms with E-state index in [9.17, 15) is 23.7 Å². The van der Waals surface area contributed by atoms with Gasteiger partial charge in [-0.05, 0) is 0 Å². The van der Waals surface area contributed by atoms with Crippen molar-refractivity contribution in [3.63, 3.8) is 0 Å². The number of imidazole rings is 1. The maximum Gasteiger partial charge on any atom is 0.233 e. The van der Waals surface area contributed by atoms with Crippen LogP contribution in [0, 0.1) is 0 Å². The van der Waals surface area contributed by atoms with Gasteiger partial charge in [-0.15, -0.1) is 0 Å². The van der Waals surface area contributed by atoms with Crippen molar-refractivity contribution in [2.45, 2.75) is 31.1 Å². The third-order valence-corrected chi connectivity index (χ3v) is 5.13. The molecular weight excluding hydrogens is 380 g/mol. The summed E-state index contributed by atoms with van der Waals surface area (Å²) in [5.74, 6) is 0.490. The predicted octanol–water partition coefficient (Wildman–Crippen LogP) is -1.96. The summed E-state index contributed by atoms with van der Waals surface area (Å²) in [6, 6.07) is 0. The van der Waals surface area contributed by atoms with Crippen LogP contribution in [0.25, 0.3) is 11.2 Å². The minimum atomic E-state index is -3.66. The van der Waals surface area contributed by atoms with Crippen molar-refractivity contribution in [3.05, 3.63) is 24.1 Å². The highest BCUT2D eigenvalue weighted by molar-refractivity contribution is 7.92. The Morgan fingerprint density at radius 2 is 2.11 bits per heavy atom. The number of aliphatic hydroxyl groups is 3. The highest BCUT2D eigenvalue weighted by atomic mass is 32.2. The molecule has 1 aliphatic rings. The fraction of sp³-hybridized carbons (Fsp3) is 0.500. The second-order valence-electron chi connectivity index (χ2n) is 5.82. The van der Waals surface area contributed by atoms with Gasteiger partial charge < -0.3 is 25.4 Å². The lowest BCUT2D eigenvalue weighted by atomic mass is 10.1. The molecule has 0 saturated carbocycles. The number of rotatable bonds is 7. The predicted molar refractivity (Wildman–Crippen MR) is 93.8 cm³/mol. The lowest BCUT2D eigenvalue weighted by molar-refractivity contribution is -0.0511. The van der Waals surface area contributed by atoms with Gasteiger partial charge in [0.15, 0.2) is 23.2 Å². The van der Waals surface area contributed by atoms with Gasteiger partial charge in [-0.3, -0.25) is 4.57 Å². The van der Waals surface area contributed by atoms with Crippen LogP contribution < -0.4 is 10.0 Å². The summed E-state index contributed by atoms with van der Waals surface area (Å²) in [5, 5.41) is 33.1. The first-order valence-electron chi connectivity index (χ1n) is 7.97. The molecular formula is C14H20N6O6S. The van der Waals surface area contributed by atoms with Crippen LogP contribution in [0.5, 0.6) is 0 Å². The molecule has 0 radical (unpaired) electrons. The Bertz CT molecular complexity index is 947. The van der Waals surface area contributed by atoms with Gasteiger partial charge in [0.25, 0.3) is 0 Å². The van der Waals surface area contributed by atoms with Crippen molar-refractivity contribution in [2.75, 3.05) is 19.0 Å². The minimum Gasteiger partial charge on any atom is -0.394 e. The van der Waals surface area contributed by atoms with Gasteiger partial charge >= 0.3 is 0 Å². The molecule has 4 atom stereocenters. The number of nitrogens with zero attached hydrogens (tertiary/aromatic N) is 4. The summed E-state index contributed by atoms with van der Waals surface area (Å²) in [6.45, 7) is 2.55. The topological polar surface area (TPSA) is 172 Å². The highest BCUT2D eigenvalue weighted by Gasteiger charge is 2.44. The van der Waals surface area contributed by atoms with Crippen LogP contribution in [0.3, 0.4) is 0 Å². The van der Waals surface area contributed by atoms with Crippen molar-refractivity contribution in [2.24, 2.45) is 0 Å². The van der Waals surface area contributed by atoms with E-state index in [0.717, 1.165) is 5.41 Å². The SMILES string of the molecule is C=CS(=O)(=O)NCc1nc(NC)c2ncn(C3O[C@H](CO)C(O)C3O)c2n1. The summed E-state index contributed by atoms with van der Waals surface area (Å²) in [4.78, 5) is 12.7. The first kappa shape index (κ1) is 19.6. The highest BCUT2D eigenvalue weighted by Crippen LogP contribution is 2.32. The first-order chi connectivity index (χ1) is 12.8. The fourth-order valence-corrected chi connectivity index (χ4v) is 3.18. The third-order valence-electron chi connectivity index (χ3n) is 4.15. The number of hydrogen-bond acceptors (Lipinski definition) is 10. The molecule has 2 aromatic rings. The zero-order chi connectivity index (χ0) is 19.8. The Balaban J connectivity index is 2.00. The van der Waals surface area contributed by atoms with Crippen molar-refractivity contribution >= 4 is 27.0 Å². The van der Waals surface area contributed by atoms with Crippen LogP contribution in [0.2, 0.25) is 0 Å². The number of fused-ring (bicyclic) bond motifs is 1. The molecule has 0 bridgehead atoms. The van der Waals surface area contributed by atoms with Crippen LogP contribution in [-0.2, 0) is 21.3 Å². The van der Waals surface area contributed by atoms with E-state index in [1.807, 2.05) is 0 Å². The van der Waals surface area contributed by atoms with Gasteiger partial charge in [0.2, 0.25) is 10.0 Å². The molecule has 3 unspecified atom stereocenters. The van der Waals surface area contributed by atoms with Crippen LogP contribution in [0.1, 0.15) is 12.1 Å². The number of anilines is 1. The smallest absolute Gasteiger partial charge is 0.233 e. The number of aliphatic hydroxyl groups excluding tert-OH is 3. The largest absolute Gasteiger partial charge is 0.394 e. The summed E-state index contributed by atoms with van der Waals surface area (Å²) in [6.07, 6.45) is -3.21. The van der Waals surface area contributed by atoms with Gasteiger partial charge in [-0.25, -0.2) is 28.1 Å². The Hall–Kier alpha value is -2.16. The van der Waals surface area contributed by atoms with Crippen LogP contribution in [0.4, 0.5) is 5.82 Å². The summed E-state index contributed by atoms with van der Waals surface area (Å²) < 4.78 is 32.3. The molecule has 0 amide bonds. The number of sulfonamides is 1. The van der Waals surface area contributed by atoms with E-state index in [-0.39, 0.29) is 18.0 Å². The minimum absolute atomic E-state index is 0.144. The van der Waals surface area contributed by atoms with Crippen molar-refractivity contribution in [1.82, 2.24) is 24.2 Å². The molecule has 13 heteroatoms. The Kier molecular flexibility index (Phi) is 5.41. The molecule has 5 N–H and O–H groups in total. The van der Waals surface area contributed by atoms with Crippen LogP contribution in [0.15, 0.2) is 18.3 Å². The number of ether oxygens (including phenoxy) is 1. The number of hydrogen-bond donors (Lipinski definition) is 5. The molecule has 0 spiro atoms. The molecule has 27 heavy (non-hydrogen) atoms. The quantitative estimate of drug-likeness (QED) is 0.351. The van der Waals surface area contributed by atoms with E-state index in [1.165, 1.54) is 10.9 Å².